The van der Waals surface area contributed by atoms with Crippen molar-refractivity contribution in [1.82, 2.24) is 5.32 Å². The second kappa shape index (κ2) is 7.33. The fraction of sp³-hybridized carbons (Fsp3) is 0.471. The maximum atomic E-state index is 12.2. The lowest BCUT2D eigenvalue weighted by Gasteiger charge is -2.26. The largest absolute Gasteiger partial charge is 0.478 e. The molecule has 7 nitrogen and oxygen atoms in total. The maximum absolute atomic E-state index is 12.2. The summed E-state index contributed by atoms with van der Waals surface area (Å²) < 4.78 is 10.3. The Morgan fingerprint density at radius 1 is 1.38 bits per heavy atom. The van der Waals surface area contributed by atoms with Gasteiger partial charge in [-0.05, 0) is 30.5 Å². The van der Waals surface area contributed by atoms with Crippen molar-refractivity contribution in [1.29, 1.82) is 0 Å². The number of amides is 2. The highest BCUT2D eigenvalue weighted by Gasteiger charge is 2.32. The van der Waals surface area contributed by atoms with Crippen LogP contribution in [-0.2, 0) is 19.1 Å². The number of aryl methyl sites for hydroxylation is 1. The van der Waals surface area contributed by atoms with Gasteiger partial charge in [-0.3, -0.25) is 9.59 Å². The van der Waals surface area contributed by atoms with E-state index in [1.54, 1.807) is 26.0 Å². The summed E-state index contributed by atoms with van der Waals surface area (Å²) in [6, 6.07) is 4.65. The lowest BCUT2D eigenvalue weighted by Crippen LogP contribution is -2.48. The van der Waals surface area contributed by atoms with Crippen molar-refractivity contribution >= 4 is 23.5 Å². The monoisotopic (exact) mass is 334 g/mol. The number of benzene rings is 1. The fourth-order valence-corrected chi connectivity index (χ4v) is 2.42. The molecule has 130 valence electrons. The van der Waals surface area contributed by atoms with Crippen LogP contribution >= 0.6 is 0 Å². The molecule has 1 aromatic rings. The zero-order valence-corrected chi connectivity index (χ0v) is 14.2. The first kappa shape index (κ1) is 17.8. The number of esters is 1. The highest BCUT2D eigenvalue weighted by atomic mass is 16.5. The number of hydrogen-bond donors (Lipinski definition) is 2. The molecule has 0 aliphatic carbocycles. The van der Waals surface area contributed by atoms with Gasteiger partial charge >= 0.3 is 5.97 Å². The Bertz CT molecular complexity index is 656. The van der Waals surface area contributed by atoms with Crippen LogP contribution in [0.5, 0.6) is 5.75 Å². The molecule has 7 heteroatoms. The van der Waals surface area contributed by atoms with Gasteiger partial charge in [0.15, 0.2) is 6.10 Å². The molecule has 2 unspecified atom stereocenters. The number of nitrogens with one attached hydrogen (secondary N) is 2. The van der Waals surface area contributed by atoms with Gasteiger partial charge < -0.3 is 20.1 Å². The van der Waals surface area contributed by atoms with Crippen molar-refractivity contribution in [3.8, 4) is 5.75 Å². The molecular formula is C17H22N2O5. The van der Waals surface area contributed by atoms with Gasteiger partial charge in [0.1, 0.15) is 11.8 Å². The molecular weight excluding hydrogens is 312 g/mol. The van der Waals surface area contributed by atoms with Gasteiger partial charge in [0, 0.05) is 0 Å². The van der Waals surface area contributed by atoms with E-state index in [0.717, 1.165) is 5.56 Å². The minimum absolute atomic E-state index is 0.133. The number of fused-ring (bicyclic) bond motifs is 1. The number of ether oxygens (including phenoxy) is 2. The summed E-state index contributed by atoms with van der Waals surface area (Å²) in [5, 5.41) is 5.33. The predicted molar refractivity (Wildman–Crippen MR) is 87.6 cm³/mol. The topological polar surface area (TPSA) is 93.7 Å². The van der Waals surface area contributed by atoms with E-state index in [0.29, 0.717) is 11.4 Å². The zero-order chi connectivity index (χ0) is 17.9. The Balaban J connectivity index is 2.02. The highest BCUT2D eigenvalue weighted by molar-refractivity contribution is 6.00. The third-order valence-corrected chi connectivity index (χ3v) is 3.76. The van der Waals surface area contributed by atoms with Gasteiger partial charge in [-0.15, -0.1) is 0 Å². The molecule has 2 amide bonds. The molecule has 0 saturated heterocycles. The van der Waals surface area contributed by atoms with Crippen LogP contribution in [0, 0.1) is 12.8 Å². The van der Waals surface area contributed by atoms with Gasteiger partial charge in [-0.25, -0.2) is 4.79 Å². The van der Waals surface area contributed by atoms with Gasteiger partial charge in [0.05, 0.1) is 19.2 Å². The summed E-state index contributed by atoms with van der Waals surface area (Å²) in [4.78, 5) is 36.0. The maximum Gasteiger partial charge on any atom is 0.328 e. The van der Waals surface area contributed by atoms with Crippen LogP contribution in [0.4, 0.5) is 5.69 Å². The quantitative estimate of drug-likeness (QED) is 0.794. The van der Waals surface area contributed by atoms with Crippen LogP contribution in [0.1, 0.15) is 25.8 Å². The minimum atomic E-state index is -0.939. The first-order valence-electron chi connectivity index (χ1n) is 7.77. The summed E-state index contributed by atoms with van der Waals surface area (Å²) in [5.41, 5.74) is 1.58. The third-order valence-electron chi connectivity index (χ3n) is 3.76. The summed E-state index contributed by atoms with van der Waals surface area (Å²) in [5.74, 6) is -0.969. The van der Waals surface area contributed by atoms with E-state index in [9.17, 15) is 14.4 Å². The average molecular weight is 334 g/mol. The Labute approximate surface area is 140 Å². The molecule has 1 aliphatic heterocycles. The van der Waals surface area contributed by atoms with E-state index in [4.69, 9.17) is 4.74 Å². The molecule has 0 spiro atoms. The number of rotatable bonds is 5. The molecule has 0 saturated carbocycles. The Morgan fingerprint density at radius 2 is 2.08 bits per heavy atom. The second-order valence-electron chi connectivity index (χ2n) is 6.11. The molecule has 0 radical (unpaired) electrons. The van der Waals surface area contributed by atoms with Crippen molar-refractivity contribution in [2.75, 3.05) is 12.4 Å². The molecule has 2 rings (SSSR count). The standard InChI is InChI=1S/C17H22N2O5/c1-9(2)15(17(22)23-4)19-14(20)8-13-16(21)18-11-7-10(3)5-6-12(11)24-13/h5-7,9,13,15H,8H2,1-4H3,(H,18,21)(H,19,20). The molecule has 0 aromatic heterocycles. The van der Waals surface area contributed by atoms with Crippen LogP contribution < -0.4 is 15.4 Å². The smallest absolute Gasteiger partial charge is 0.328 e. The van der Waals surface area contributed by atoms with Gasteiger partial charge in [-0.1, -0.05) is 19.9 Å². The lowest BCUT2D eigenvalue weighted by atomic mass is 10.0. The zero-order valence-electron chi connectivity index (χ0n) is 14.2. The van der Waals surface area contributed by atoms with Crippen molar-refractivity contribution < 1.29 is 23.9 Å². The molecule has 2 atom stereocenters. The Kier molecular flexibility index (Phi) is 5.43. The van der Waals surface area contributed by atoms with Crippen molar-refractivity contribution in [2.24, 2.45) is 5.92 Å². The predicted octanol–water partition coefficient (Wildman–Crippen LogP) is 1.40. The Hall–Kier alpha value is -2.57. The number of hydrogen-bond acceptors (Lipinski definition) is 5. The first-order chi connectivity index (χ1) is 11.3. The van der Waals surface area contributed by atoms with E-state index in [2.05, 4.69) is 15.4 Å². The van der Waals surface area contributed by atoms with Gasteiger partial charge in [0.25, 0.3) is 5.91 Å². The molecule has 0 fully saturated rings. The molecule has 1 aromatic carbocycles. The van der Waals surface area contributed by atoms with Crippen LogP contribution in [0.3, 0.4) is 0 Å². The summed E-state index contributed by atoms with van der Waals surface area (Å²) in [7, 11) is 1.26. The van der Waals surface area contributed by atoms with E-state index < -0.39 is 24.0 Å². The van der Waals surface area contributed by atoms with Crippen molar-refractivity contribution in [3.63, 3.8) is 0 Å². The number of carbonyl (C=O) groups is 3. The van der Waals surface area contributed by atoms with E-state index in [1.807, 2.05) is 13.0 Å². The van der Waals surface area contributed by atoms with E-state index in [-0.39, 0.29) is 18.2 Å². The highest BCUT2D eigenvalue weighted by Crippen LogP contribution is 2.31. The van der Waals surface area contributed by atoms with Crippen LogP contribution in [0.2, 0.25) is 0 Å². The molecule has 2 N–H and O–H groups in total. The third kappa shape index (κ3) is 4.04. The molecule has 1 heterocycles. The fourth-order valence-electron chi connectivity index (χ4n) is 2.42. The van der Waals surface area contributed by atoms with Crippen molar-refractivity contribution in [3.05, 3.63) is 23.8 Å². The normalized spacial score (nSPS) is 17.4. The molecule has 24 heavy (non-hydrogen) atoms. The first-order valence-corrected chi connectivity index (χ1v) is 7.77. The molecule has 0 bridgehead atoms. The number of methoxy groups -OCH3 is 1. The number of carbonyl (C=O) groups excluding carboxylic acids is 3. The summed E-state index contributed by atoms with van der Waals surface area (Å²) >= 11 is 0. The van der Waals surface area contributed by atoms with Crippen LogP contribution in [-0.4, -0.2) is 37.0 Å². The van der Waals surface area contributed by atoms with Crippen LogP contribution in [0.15, 0.2) is 18.2 Å². The van der Waals surface area contributed by atoms with Gasteiger partial charge in [0.2, 0.25) is 5.91 Å². The average Bonchev–Trinajstić information content (AvgIpc) is 2.52. The van der Waals surface area contributed by atoms with Gasteiger partial charge in [-0.2, -0.15) is 0 Å². The second-order valence-corrected chi connectivity index (χ2v) is 6.11. The summed E-state index contributed by atoms with van der Waals surface area (Å²) in [6.07, 6.45) is -1.12. The lowest BCUT2D eigenvalue weighted by molar-refractivity contribution is -0.146. The van der Waals surface area contributed by atoms with E-state index >= 15 is 0 Å². The summed E-state index contributed by atoms with van der Waals surface area (Å²) in [6.45, 7) is 5.50. The van der Waals surface area contributed by atoms with E-state index in [1.165, 1.54) is 7.11 Å². The Morgan fingerprint density at radius 3 is 2.71 bits per heavy atom. The van der Waals surface area contributed by atoms with Crippen molar-refractivity contribution in [2.45, 2.75) is 39.3 Å². The van der Waals surface area contributed by atoms with Crippen LogP contribution in [0.25, 0.3) is 0 Å². The molecule has 1 aliphatic rings. The SMILES string of the molecule is COC(=O)C(NC(=O)CC1Oc2ccc(C)cc2NC1=O)C(C)C. The number of anilines is 1. The minimum Gasteiger partial charge on any atom is -0.478 e.